The zero-order valence-corrected chi connectivity index (χ0v) is 26.6. The quantitative estimate of drug-likeness (QED) is 0.203. The number of rotatable bonds is 6. The van der Waals surface area contributed by atoms with E-state index in [2.05, 4.69) is 41.3 Å². The van der Waals surface area contributed by atoms with E-state index in [0.29, 0.717) is 28.2 Å². The number of fused-ring (bicyclic) bond motifs is 2. The maximum atomic E-state index is 14.6. The van der Waals surface area contributed by atoms with E-state index in [1.807, 2.05) is 13.8 Å². The van der Waals surface area contributed by atoms with E-state index in [4.69, 9.17) is 0 Å². The molecule has 1 N–H and O–H groups in total. The first-order valence-electron chi connectivity index (χ1n) is 14.3. The summed E-state index contributed by atoms with van der Waals surface area (Å²) in [6.07, 6.45) is -1.65. The van der Waals surface area contributed by atoms with Crippen molar-refractivity contribution in [2.45, 2.75) is 65.8 Å². The number of ketones is 1. The topological polar surface area (TPSA) is 123 Å². The van der Waals surface area contributed by atoms with Gasteiger partial charge in [0, 0.05) is 36.3 Å². The van der Waals surface area contributed by atoms with Crippen LogP contribution in [0.4, 0.5) is 19.0 Å². The molecule has 4 atom stereocenters. The molecule has 234 valence electrons. The highest BCUT2D eigenvalue weighted by Crippen LogP contribution is 2.64. The molecule has 3 aromatic heterocycles. The zero-order valence-electron chi connectivity index (χ0n) is 25.0. The predicted octanol–water partition coefficient (Wildman–Crippen LogP) is 5.75. The molecule has 4 aromatic rings. The number of Topliss-reactive ketones (excluding diaryl/α,β-unsaturated/α-hetero) is 1. The van der Waals surface area contributed by atoms with E-state index in [0.717, 1.165) is 16.3 Å². The Kier molecular flexibility index (Phi) is 7.33. The summed E-state index contributed by atoms with van der Waals surface area (Å²) in [6, 6.07) is 4.77. The summed E-state index contributed by atoms with van der Waals surface area (Å²) in [7, 11) is 0. The Balaban J connectivity index is 1.40. The number of halogens is 4. The number of carbonyl (C=O) groups excluding carboxylic acids is 3. The number of alkyl halides is 3. The van der Waals surface area contributed by atoms with E-state index >= 15 is 0 Å². The minimum atomic E-state index is -4.84. The lowest BCUT2D eigenvalue weighted by molar-refractivity contribution is -0.139. The second kappa shape index (κ2) is 10.7. The van der Waals surface area contributed by atoms with Crippen molar-refractivity contribution in [1.29, 1.82) is 0 Å². The van der Waals surface area contributed by atoms with Gasteiger partial charge in [-0.05, 0) is 76.9 Å². The number of anilines is 1. The van der Waals surface area contributed by atoms with Crippen molar-refractivity contribution < 1.29 is 27.6 Å². The average molecular weight is 685 g/mol. The number of aryl methyl sites for hydroxylation is 2. The number of piperidine rings is 1. The van der Waals surface area contributed by atoms with Crippen molar-refractivity contribution in [3.8, 4) is 11.1 Å². The third-order valence-corrected chi connectivity index (χ3v) is 9.57. The summed E-state index contributed by atoms with van der Waals surface area (Å²) in [6.45, 7) is 8.03. The predicted molar refractivity (Wildman–Crippen MR) is 162 cm³/mol. The van der Waals surface area contributed by atoms with E-state index in [1.165, 1.54) is 30.3 Å². The lowest BCUT2D eigenvalue weighted by Crippen LogP contribution is -2.47. The number of hydrogen-bond donors (Lipinski definition) is 1. The lowest BCUT2D eigenvalue weighted by atomic mass is 9.98. The zero-order chi connectivity index (χ0) is 32.6. The van der Waals surface area contributed by atoms with Gasteiger partial charge in [-0.1, -0.05) is 19.9 Å². The van der Waals surface area contributed by atoms with Gasteiger partial charge in [0.1, 0.15) is 34.5 Å². The molecule has 10 nitrogen and oxygen atoms in total. The second-order valence-electron chi connectivity index (χ2n) is 12.0. The van der Waals surface area contributed by atoms with Crippen molar-refractivity contribution in [1.82, 2.24) is 29.6 Å². The number of nitrogens with one attached hydrogen (secondary N) is 1. The molecule has 0 bridgehead atoms. The largest absolute Gasteiger partial charge is 0.418 e. The van der Waals surface area contributed by atoms with Gasteiger partial charge < -0.3 is 10.2 Å². The number of amides is 2. The molecule has 0 unspecified atom stereocenters. The molecule has 2 aliphatic rings. The number of nitrogens with zero attached hydrogens (tertiary/aromatic N) is 6. The molecule has 0 spiro atoms. The Morgan fingerprint density at radius 3 is 2.44 bits per heavy atom. The Morgan fingerprint density at radius 1 is 1.11 bits per heavy atom. The van der Waals surface area contributed by atoms with E-state index in [-0.39, 0.29) is 34.0 Å². The normalized spacial score (nSPS) is 22.4. The molecule has 6 rings (SSSR count). The summed E-state index contributed by atoms with van der Waals surface area (Å²) in [5, 5.41) is 7.00. The minimum absolute atomic E-state index is 0.0442. The number of pyridine rings is 1. The average Bonchev–Trinajstić information content (AvgIpc) is 3.24. The van der Waals surface area contributed by atoms with Crippen LogP contribution in [0.25, 0.3) is 22.0 Å². The van der Waals surface area contributed by atoms with E-state index in [9.17, 15) is 27.6 Å². The van der Waals surface area contributed by atoms with Gasteiger partial charge in [0.05, 0.1) is 11.1 Å². The maximum absolute atomic E-state index is 14.6. The molecule has 45 heavy (non-hydrogen) atoms. The van der Waals surface area contributed by atoms with Crippen LogP contribution >= 0.6 is 15.9 Å². The van der Waals surface area contributed by atoms with Crippen LogP contribution in [0, 0.1) is 25.2 Å². The molecule has 1 saturated heterocycles. The van der Waals surface area contributed by atoms with Gasteiger partial charge in [-0.15, -0.1) is 0 Å². The van der Waals surface area contributed by atoms with Crippen LogP contribution in [0.2, 0.25) is 0 Å². The van der Waals surface area contributed by atoms with Crippen LogP contribution in [0.3, 0.4) is 0 Å². The van der Waals surface area contributed by atoms with Crippen LogP contribution in [-0.4, -0.2) is 59.3 Å². The van der Waals surface area contributed by atoms with Gasteiger partial charge >= 0.3 is 6.18 Å². The molecule has 2 fully saturated rings. The van der Waals surface area contributed by atoms with Crippen molar-refractivity contribution in [2.75, 3.05) is 5.32 Å². The fourth-order valence-corrected chi connectivity index (χ4v) is 6.86. The fourth-order valence-electron chi connectivity index (χ4n) is 6.55. The Labute approximate surface area is 264 Å². The number of benzene rings is 1. The monoisotopic (exact) mass is 683 g/mol. The van der Waals surface area contributed by atoms with Gasteiger partial charge in [-0.25, -0.2) is 15.0 Å². The SMILES string of the molecule is CC(=O)c1nn(CC(=O)N2[C@H]3[C@@H](C)[C@@]3(C)C[C@H]2C(=O)Nc2nc(Br)ccc2C)c2c(C(F)(F)F)cc(-c3cnc(C)nc3)cc12. The molecule has 14 heteroatoms. The first-order valence-corrected chi connectivity index (χ1v) is 15.1. The van der Waals surface area contributed by atoms with E-state index < -0.39 is 47.4 Å². The van der Waals surface area contributed by atoms with Crippen LogP contribution in [0.15, 0.2) is 41.3 Å². The smallest absolute Gasteiger partial charge is 0.325 e. The molecule has 2 amide bonds. The molecular formula is C31H29BrF3N7O3. The number of hydrogen-bond acceptors (Lipinski definition) is 7. The standard InChI is InChI=1S/C31H29BrF3N7O3/c1-14-6-7-23(32)38-28(14)39-29(45)22-10-30(5)15(2)27(30)42(22)24(44)13-41-26-20(25(40-41)16(3)43)8-18(9-21(26)31(33,34)35)19-11-36-17(4)37-12-19/h6-9,11-12,15,22,27H,10,13H2,1-5H3,(H,38,39,45)/t15-,22+,27+,30-/m1/s1. The minimum Gasteiger partial charge on any atom is -0.325 e. The van der Waals surface area contributed by atoms with Crippen molar-refractivity contribution in [3.05, 3.63) is 63.9 Å². The highest BCUT2D eigenvalue weighted by atomic mass is 79.9. The van der Waals surface area contributed by atoms with Gasteiger partial charge in [0.25, 0.3) is 0 Å². The third kappa shape index (κ3) is 5.28. The number of carbonyl (C=O) groups is 3. The molecule has 4 heterocycles. The summed E-state index contributed by atoms with van der Waals surface area (Å²) >= 11 is 3.30. The fraction of sp³-hybridized carbons (Fsp3) is 0.387. The first kappa shape index (κ1) is 30.8. The van der Waals surface area contributed by atoms with Crippen LogP contribution < -0.4 is 5.32 Å². The first-order chi connectivity index (χ1) is 21.1. The molecule has 1 aliphatic heterocycles. The van der Waals surface area contributed by atoms with Gasteiger partial charge in [0.2, 0.25) is 11.8 Å². The Bertz CT molecular complexity index is 1890. The summed E-state index contributed by atoms with van der Waals surface area (Å²) < 4.78 is 45.3. The summed E-state index contributed by atoms with van der Waals surface area (Å²) in [4.78, 5) is 54.2. The Morgan fingerprint density at radius 2 is 1.80 bits per heavy atom. The molecule has 0 radical (unpaired) electrons. The molecule has 1 aliphatic carbocycles. The van der Waals surface area contributed by atoms with Crippen LogP contribution in [-0.2, 0) is 22.3 Å². The lowest BCUT2D eigenvalue weighted by Gasteiger charge is -2.28. The summed E-state index contributed by atoms with van der Waals surface area (Å²) in [5.74, 6) is -0.693. The van der Waals surface area contributed by atoms with Crippen molar-refractivity contribution >= 4 is 50.2 Å². The highest BCUT2D eigenvalue weighted by Gasteiger charge is 2.70. The molecular weight excluding hydrogens is 655 g/mol. The summed E-state index contributed by atoms with van der Waals surface area (Å²) in [5.41, 5.74) is -0.764. The third-order valence-electron chi connectivity index (χ3n) is 9.13. The molecule has 1 aromatic carbocycles. The maximum Gasteiger partial charge on any atom is 0.418 e. The van der Waals surface area contributed by atoms with Gasteiger partial charge in [-0.2, -0.15) is 18.3 Å². The van der Waals surface area contributed by atoms with Crippen LogP contribution in [0.1, 0.15) is 54.6 Å². The Hall–Kier alpha value is -4.20. The van der Waals surface area contributed by atoms with Crippen molar-refractivity contribution in [2.24, 2.45) is 11.3 Å². The van der Waals surface area contributed by atoms with Crippen molar-refractivity contribution in [3.63, 3.8) is 0 Å². The van der Waals surface area contributed by atoms with E-state index in [1.54, 1.807) is 26.0 Å². The van der Waals surface area contributed by atoms with Gasteiger partial charge in [0.15, 0.2) is 5.78 Å². The number of aromatic nitrogens is 5. The molecule has 1 saturated carbocycles. The second-order valence-corrected chi connectivity index (χ2v) is 12.9. The van der Waals surface area contributed by atoms with Gasteiger partial charge in [-0.3, -0.25) is 19.1 Å². The van der Waals surface area contributed by atoms with Crippen LogP contribution in [0.5, 0.6) is 0 Å². The number of likely N-dealkylation sites (tertiary alicyclic amines) is 1. The highest BCUT2D eigenvalue weighted by molar-refractivity contribution is 9.10.